The lowest BCUT2D eigenvalue weighted by atomic mass is 10.0. The molecule has 0 amide bonds. The summed E-state index contributed by atoms with van der Waals surface area (Å²) in [4.78, 5) is 0. The average molecular weight is 377 g/mol. The molecule has 0 aromatic heterocycles. The highest BCUT2D eigenvalue weighted by Gasteiger charge is 2.23. The summed E-state index contributed by atoms with van der Waals surface area (Å²) in [6.45, 7) is 4.38. The first-order chi connectivity index (χ1) is 12.1. The lowest BCUT2D eigenvalue weighted by molar-refractivity contribution is 0.324. The third-order valence-electron chi connectivity index (χ3n) is 4.56. The minimum Gasteiger partial charge on any atom is -0.493 e. The number of aryl methyl sites for hydroxylation is 2. The van der Waals surface area contributed by atoms with Crippen molar-refractivity contribution in [3.05, 3.63) is 52.1 Å². The lowest BCUT2D eigenvalue weighted by Gasteiger charge is -2.18. The highest BCUT2D eigenvalue weighted by atomic mass is 32.2. The molecule has 0 spiro atoms. The van der Waals surface area contributed by atoms with Gasteiger partial charge in [-0.15, -0.1) is 23.5 Å². The second-order valence-corrected chi connectivity index (χ2v) is 8.60. The lowest BCUT2D eigenvalue weighted by Crippen LogP contribution is -1.98. The van der Waals surface area contributed by atoms with Crippen LogP contribution >= 0.6 is 23.5 Å². The van der Waals surface area contributed by atoms with E-state index in [-0.39, 0.29) is 0 Å². The molecule has 2 aromatic rings. The monoisotopic (exact) mass is 376 g/mol. The van der Waals surface area contributed by atoms with E-state index in [1.54, 1.807) is 21.3 Å². The smallest absolute Gasteiger partial charge is 0.203 e. The number of benzene rings is 2. The van der Waals surface area contributed by atoms with Crippen molar-refractivity contribution >= 4 is 23.5 Å². The predicted molar refractivity (Wildman–Crippen MR) is 107 cm³/mol. The van der Waals surface area contributed by atoms with Crippen molar-refractivity contribution in [2.24, 2.45) is 0 Å². The molecule has 1 heterocycles. The molecule has 0 bridgehead atoms. The zero-order valence-electron chi connectivity index (χ0n) is 15.3. The van der Waals surface area contributed by atoms with Gasteiger partial charge in [-0.25, -0.2) is 0 Å². The Morgan fingerprint density at radius 3 is 1.64 bits per heavy atom. The molecule has 0 aliphatic carbocycles. The summed E-state index contributed by atoms with van der Waals surface area (Å²) < 4.78 is 16.8. The van der Waals surface area contributed by atoms with Crippen molar-refractivity contribution in [1.82, 2.24) is 0 Å². The maximum Gasteiger partial charge on any atom is 0.203 e. The van der Waals surface area contributed by atoms with Gasteiger partial charge in [0.25, 0.3) is 0 Å². The second kappa shape index (κ2) is 7.83. The molecule has 0 fully saturated rings. The van der Waals surface area contributed by atoms with E-state index >= 15 is 0 Å². The van der Waals surface area contributed by atoms with Gasteiger partial charge in [0.2, 0.25) is 5.75 Å². The van der Waals surface area contributed by atoms with E-state index in [0.29, 0.717) is 21.8 Å². The molecular formula is C20H24O3S2. The van der Waals surface area contributed by atoms with Crippen LogP contribution in [0.3, 0.4) is 0 Å². The van der Waals surface area contributed by atoms with E-state index in [2.05, 4.69) is 38.1 Å². The highest BCUT2D eigenvalue weighted by Crippen LogP contribution is 2.50. The van der Waals surface area contributed by atoms with Crippen LogP contribution in [0.4, 0.5) is 0 Å². The van der Waals surface area contributed by atoms with Gasteiger partial charge in [0.05, 0.1) is 25.9 Å². The van der Waals surface area contributed by atoms with Crippen LogP contribution in [0.2, 0.25) is 0 Å². The zero-order chi connectivity index (χ0) is 18.0. The molecule has 0 unspecified atom stereocenters. The predicted octanol–water partition coefficient (Wildman–Crippen LogP) is 5.51. The van der Waals surface area contributed by atoms with Crippen LogP contribution in [-0.2, 0) is 11.5 Å². The van der Waals surface area contributed by atoms with Gasteiger partial charge in [-0.05, 0) is 53.8 Å². The van der Waals surface area contributed by atoms with E-state index in [9.17, 15) is 0 Å². The van der Waals surface area contributed by atoms with Crippen LogP contribution in [0.25, 0.3) is 0 Å². The number of hydrogen-bond donors (Lipinski definition) is 0. The molecule has 1 aliphatic heterocycles. The first-order valence-electron chi connectivity index (χ1n) is 8.19. The van der Waals surface area contributed by atoms with Gasteiger partial charge in [0.15, 0.2) is 11.5 Å². The fourth-order valence-electron chi connectivity index (χ4n) is 3.01. The van der Waals surface area contributed by atoms with Crippen LogP contribution in [-0.4, -0.2) is 21.3 Å². The average Bonchev–Trinajstić information content (AvgIpc) is 2.83. The molecular weight excluding hydrogens is 352 g/mol. The van der Waals surface area contributed by atoms with Crippen molar-refractivity contribution < 1.29 is 14.2 Å². The van der Waals surface area contributed by atoms with Gasteiger partial charge in [-0.2, -0.15) is 0 Å². The SMILES string of the molecule is COc1cc(C2SCc3cc(C)c(C)cc3CS2)cc(OC)c1OC. The molecule has 0 atom stereocenters. The summed E-state index contributed by atoms with van der Waals surface area (Å²) in [5.74, 6) is 4.11. The van der Waals surface area contributed by atoms with Crippen molar-refractivity contribution in [2.45, 2.75) is 29.9 Å². The van der Waals surface area contributed by atoms with Crippen LogP contribution < -0.4 is 14.2 Å². The highest BCUT2D eigenvalue weighted by molar-refractivity contribution is 8.15. The molecule has 3 nitrogen and oxygen atoms in total. The molecule has 0 saturated heterocycles. The Balaban J connectivity index is 1.91. The maximum atomic E-state index is 5.51. The summed E-state index contributed by atoms with van der Waals surface area (Å²) in [5, 5.41) is 0. The molecule has 1 aliphatic rings. The van der Waals surface area contributed by atoms with E-state index < -0.39 is 0 Å². The van der Waals surface area contributed by atoms with Crippen molar-refractivity contribution in [1.29, 1.82) is 0 Å². The number of thioether (sulfide) groups is 2. The first kappa shape index (κ1) is 18.3. The molecule has 0 saturated carbocycles. The van der Waals surface area contributed by atoms with Crippen molar-refractivity contribution in [3.63, 3.8) is 0 Å². The first-order valence-corrected chi connectivity index (χ1v) is 10.3. The van der Waals surface area contributed by atoms with Gasteiger partial charge in [0.1, 0.15) is 0 Å². The van der Waals surface area contributed by atoms with Gasteiger partial charge < -0.3 is 14.2 Å². The Morgan fingerprint density at radius 2 is 1.24 bits per heavy atom. The number of rotatable bonds is 4. The molecule has 25 heavy (non-hydrogen) atoms. The number of methoxy groups -OCH3 is 3. The topological polar surface area (TPSA) is 27.7 Å². The van der Waals surface area contributed by atoms with Crippen LogP contribution in [0, 0.1) is 13.8 Å². The largest absolute Gasteiger partial charge is 0.493 e. The Bertz CT molecular complexity index is 716. The van der Waals surface area contributed by atoms with Crippen LogP contribution in [0.5, 0.6) is 17.2 Å². The standard InChI is InChI=1S/C20H24O3S2/c1-12-6-15-10-24-20(25-11-16(15)7-13(12)2)14-8-17(21-3)19(23-5)18(9-14)22-4/h6-9,20H,10-11H2,1-5H3. The molecule has 134 valence electrons. The van der Waals surface area contributed by atoms with E-state index in [0.717, 1.165) is 11.5 Å². The normalized spacial score (nSPS) is 14.6. The van der Waals surface area contributed by atoms with E-state index in [4.69, 9.17) is 14.2 Å². The van der Waals surface area contributed by atoms with E-state index in [1.165, 1.54) is 27.8 Å². The van der Waals surface area contributed by atoms with Gasteiger partial charge in [-0.3, -0.25) is 0 Å². The third-order valence-corrected chi connectivity index (χ3v) is 7.48. The summed E-state index contributed by atoms with van der Waals surface area (Å²) in [6.07, 6.45) is 0. The second-order valence-electron chi connectivity index (χ2n) is 6.12. The van der Waals surface area contributed by atoms with Crippen molar-refractivity contribution in [2.75, 3.05) is 21.3 Å². The summed E-state index contributed by atoms with van der Waals surface area (Å²) >= 11 is 3.91. The molecule has 3 rings (SSSR count). The molecule has 0 radical (unpaired) electrons. The number of fused-ring (bicyclic) bond motifs is 1. The minimum absolute atomic E-state index is 0.335. The third kappa shape index (κ3) is 3.72. The number of hydrogen-bond acceptors (Lipinski definition) is 5. The zero-order valence-corrected chi connectivity index (χ0v) is 17.0. The quantitative estimate of drug-likeness (QED) is 0.702. The Morgan fingerprint density at radius 1 is 0.760 bits per heavy atom. The fraction of sp³-hybridized carbons (Fsp3) is 0.400. The minimum atomic E-state index is 0.335. The number of ether oxygens (including phenoxy) is 3. The van der Waals surface area contributed by atoms with Gasteiger partial charge in [-0.1, -0.05) is 12.1 Å². The van der Waals surface area contributed by atoms with Crippen LogP contribution in [0.15, 0.2) is 24.3 Å². The summed E-state index contributed by atoms with van der Waals surface area (Å²) in [6, 6.07) is 8.82. The fourth-order valence-corrected chi connectivity index (χ4v) is 5.66. The summed E-state index contributed by atoms with van der Waals surface area (Å²) in [7, 11) is 4.96. The molecule has 2 aromatic carbocycles. The van der Waals surface area contributed by atoms with E-state index in [1.807, 2.05) is 23.5 Å². The maximum absolute atomic E-state index is 5.51. The Kier molecular flexibility index (Phi) is 5.74. The van der Waals surface area contributed by atoms with Crippen molar-refractivity contribution in [3.8, 4) is 17.2 Å². The van der Waals surface area contributed by atoms with Gasteiger partial charge in [0, 0.05) is 11.5 Å². The molecule has 0 N–H and O–H groups in total. The van der Waals surface area contributed by atoms with Gasteiger partial charge >= 0.3 is 0 Å². The molecule has 5 heteroatoms. The van der Waals surface area contributed by atoms with Crippen LogP contribution in [0.1, 0.15) is 32.4 Å². The Hall–Kier alpha value is -1.46. The Labute approximate surface area is 158 Å². The summed E-state index contributed by atoms with van der Waals surface area (Å²) in [5.41, 5.74) is 6.85.